The minimum atomic E-state index is -0.887. The molecule has 1 N–H and O–H groups in total. The standard InChI is InChI=1S/C18H19F2NO2/c1-3-18(23-2,13-8-5-4-6-9-13)12-21-17(22)16-14(19)10-7-11-15(16)20/h4-11H,3,12H2,1-2H3,(H,21,22). The summed E-state index contributed by atoms with van der Waals surface area (Å²) in [5, 5.41) is 2.58. The molecule has 122 valence electrons. The number of rotatable bonds is 6. The summed E-state index contributed by atoms with van der Waals surface area (Å²) in [4.78, 5) is 12.1. The van der Waals surface area contributed by atoms with Gasteiger partial charge < -0.3 is 10.1 Å². The summed E-state index contributed by atoms with van der Waals surface area (Å²) in [5.74, 6) is -2.57. The molecule has 0 aliphatic carbocycles. The molecule has 1 unspecified atom stereocenters. The quantitative estimate of drug-likeness (QED) is 0.882. The second-order valence-corrected chi connectivity index (χ2v) is 5.20. The van der Waals surface area contributed by atoms with Crippen molar-refractivity contribution in [3.8, 4) is 0 Å². The van der Waals surface area contributed by atoms with E-state index in [1.165, 1.54) is 6.07 Å². The highest BCUT2D eigenvalue weighted by Gasteiger charge is 2.31. The Labute approximate surface area is 134 Å². The van der Waals surface area contributed by atoms with Crippen LogP contribution in [0.1, 0.15) is 29.3 Å². The molecular formula is C18H19F2NO2. The smallest absolute Gasteiger partial charge is 0.257 e. The minimum absolute atomic E-state index is 0.108. The molecule has 0 fully saturated rings. The number of methoxy groups -OCH3 is 1. The lowest BCUT2D eigenvalue weighted by Crippen LogP contribution is -2.42. The third kappa shape index (κ3) is 3.56. The van der Waals surface area contributed by atoms with Crippen LogP contribution in [0, 0.1) is 11.6 Å². The normalized spacial score (nSPS) is 13.4. The number of halogens is 2. The van der Waals surface area contributed by atoms with Crippen molar-refractivity contribution in [3.63, 3.8) is 0 Å². The molecule has 1 amide bonds. The highest BCUT2D eigenvalue weighted by molar-refractivity contribution is 5.94. The van der Waals surface area contributed by atoms with Gasteiger partial charge in [0.2, 0.25) is 0 Å². The van der Waals surface area contributed by atoms with Crippen molar-refractivity contribution in [2.75, 3.05) is 13.7 Å². The second kappa shape index (κ2) is 7.33. The van der Waals surface area contributed by atoms with E-state index in [1.54, 1.807) is 7.11 Å². The zero-order chi connectivity index (χ0) is 16.9. The lowest BCUT2D eigenvalue weighted by atomic mass is 9.90. The molecule has 0 saturated carbocycles. The van der Waals surface area contributed by atoms with E-state index < -0.39 is 28.7 Å². The molecule has 0 aromatic heterocycles. The molecule has 0 bridgehead atoms. The van der Waals surface area contributed by atoms with E-state index >= 15 is 0 Å². The molecule has 0 aliphatic rings. The van der Waals surface area contributed by atoms with Gasteiger partial charge in [0.05, 0.1) is 6.54 Å². The Kier molecular flexibility index (Phi) is 5.45. The maximum atomic E-state index is 13.7. The zero-order valence-corrected chi connectivity index (χ0v) is 13.1. The highest BCUT2D eigenvalue weighted by atomic mass is 19.1. The lowest BCUT2D eigenvalue weighted by molar-refractivity contribution is -0.0164. The Bertz CT molecular complexity index is 650. The van der Waals surface area contributed by atoms with E-state index in [0.29, 0.717) is 6.42 Å². The van der Waals surface area contributed by atoms with Crippen molar-refractivity contribution in [1.29, 1.82) is 0 Å². The molecule has 2 aromatic rings. The minimum Gasteiger partial charge on any atom is -0.372 e. The number of carbonyl (C=O) groups is 1. The second-order valence-electron chi connectivity index (χ2n) is 5.20. The molecule has 5 heteroatoms. The highest BCUT2D eigenvalue weighted by Crippen LogP contribution is 2.28. The summed E-state index contributed by atoms with van der Waals surface area (Å²) >= 11 is 0. The summed E-state index contributed by atoms with van der Waals surface area (Å²) in [6.07, 6.45) is 0.591. The first-order valence-corrected chi connectivity index (χ1v) is 7.37. The van der Waals surface area contributed by atoms with Gasteiger partial charge in [0.15, 0.2) is 0 Å². The number of hydrogen-bond donors (Lipinski definition) is 1. The fourth-order valence-corrected chi connectivity index (χ4v) is 2.53. The third-order valence-corrected chi connectivity index (χ3v) is 3.99. The van der Waals surface area contributed by atoms with Crippen molar-refractivity contribution in [1.82, 2.24) is 5.32 Å². The van der Waals surface area contributed by atoms with Crippen LogP contribution in [0.25, 0.3) is 0 Å². The van der Waals surface area contributed by atoms with Crippen molar-refractivity contribution in [2.24, 2.45) is 0 Å². The van der Waals surface area contributed by atoms with Crippen molar-refractivity contribution >= 4 is 5.91 Å². The maximum absolute atomic E-state index is 13.7. The maximum Gasteiger partial charge on any atom is 0.257 e. The Morgan fingerprint density at radius 2 is 1.70 bits per heavy atom. The van der Waals surface area contributed by atoms with Crippen molar-refractivity contribution in [2.45, 2.75) is 18.9 Å². The lowest BCUT2D eigenvalue weighted by Gasteiger charge is -2.32. The van der Waals surface area contributed by atoms with Gasteiger partial charge in [0.25, 0.3) is 5.91 Å². The van der Waals surface area contributed by atoms with Crippen LogP contribution in [0.5, 0.6) is 0 Å². The van der Waals surface area contributed by atoms with Gasteiger partial charge in [-0.05, 0) is 24.1 Å². The van der Waals surface area contributed by atoms with Crippen LogP contribution in [-0.4, -0.2) is 19.6 Å². The number of hydrogen-bond acceptors (Lipinski definition) is 2. The van der Waals surface area contributed by atoms with Crippen molar-refractivity contribution in [3.05, 3.63) is 71.3 Å². The van der Waals surface area contributed by atoms with E-state index in [-0.39, 0.29) is 6.54 Å². The number of carbonyl (C=O) groups excluding carboxylic acids is 1. The average molecular weight is 319 g/mol. The van der Waals surface area contributed by atoms with E-state index in [0.717, 1.165) is 17.7 Å². The summed E-state index contributed by atoms with van der Waals surface area (Å²) in [7, 11) is 1.55. The number of ether oxygens (including phenoxy) is 1. The predicted molar refractivity (Wildman–Crippen MR) is 84.1 cm³/mol. The molecular weight excluding hydrogens is 300 g/mol. The van der Waals surface area contributed by atoms with Gasteiger partial charge in [0, 0.05) is 7.11 Å². The van der Waals surface area contributed by atoms with E-state index in [4.69, 9.17) is 4.74 Å². The Morgan fingerprint density at radius 1 is 1.09 bits per heavy atom. The van der Waals surface area contributed by atoms with Gasteiger partial charge in [-0.1, -0.05) is 43.3 Å². The number of amides is 1. The first kappa shape index (κ1) is 17.1. The summed E-state index contributed by atoms with van der Waals surface area (Å²) in [5.41, 5.74) is -0.445. The Balaban J connectivity index is 2.21. The van der Waals surface area contributed by atoms with E-state index in [9.17, 15) is 13.6 Å². The molecule has 3 nitrogen and oxygen atoms in total. The molecule has 0 spiro atoms. The molecule has 2 rings (SSSR count). The fourth-order valence-electron chi connectivity index (χ4n) is 2.53. The average Bonchev–Trinajstić information content (AvgIpc) is 2.57. The van der Waals surface area contributed by atoms with Crippen LogP contribution in [0.4, 0.5) is 8.78 Å². The van der Waals surface area contributed by atoms with Gasteiger partial charge in [0.1, 0.15) is 22.8 Å². The summed E-state index contributed by atoms with van der Waals surface area (Å²) < 4.78 is 33.0. The summed E-state index contributed by atoms with van der Waals surface area (Å²) in [6.45, 7) is 2.03. The SMILES string of the molecule is CCC(CNC(=O)c1c(F)cccc1F)(OC)c1ccccc1. The van der Waals surface area contributed by atoms with Crippen LogP contribution >= 0.6 is 0 Å². The van der Waals surface area contributed by atoms with Gasteiger partial charge in [-0.25, -0.2) is 8.78 Å². The van der Waals surface area contributed by atoms with Crippen molar-refractivity contribution < 1.29 is 18.3 Å². The fraction of sp³-hybridized carbons (Fsp3) is 0.278. The van der Waals surface area contributed by atoms with Gasteiger partial charge in [-0.15, -0.1) is 0 Å². The van der Waals surface area contributed by atoms with E-state index in [1.807, 2.05) is 37.3 Å². The Morgan fingerprint density at radius 3 is 2.22 bits per heavy atom. The molecule has 0 radical (unpaired) electrons. The Hall–Kier alpha value is -2.27. The van der Waals surface area contributed by atoms with Gasteiger partial charge in [-0.2, -0.15) is 0 Å². The topological polar surface area (TPSA) is 38.3 Å². The first-order chi connectivity index (χ1) is 11.0. The van der Waals surface area contributed by atoms with Crippen LogP contribution in [0.2, 0.25) is 0 Å². The molecule has 2 aromatic carbocycles. The summed E-state index contributed by atoms with van der Waals surface area (Å²) in [6, 6.07) is 12.7. The predicted octanol–water partition coefficient (Wildman–Crippen LogP) is 3.65. The molecule has 23 heavy (non-hydrogen) atoms. The number of benzene rings is 2. The first-order valence-electron chi connectivity index (χ1n) is 7.37. The third-order valence-electron chi connectivity index (χ3n) is 3.99. The number of nitrogens with one attached hydrogen (secondary N) is 1. The molecule has 0 heterocycles. The zero-order valence-electron chi connectivity index (χ0n) is 13.1. The van der Waals surface area contributed by atoms with Crippen LogP contribution < -0.4 is 5.32 Å². The van der Waals surface area contributed by atoms with E-state index in [2.05, 4.69) is 5.32 Å². The van der Waals surface area contributed by atoms with Gasteiger partial charge in [-0.3, -0.25) is 4.79 Å². The molecule has 1 atom stereocenters. The molecule has 0 aliphatic heterocycles. The van der Waals surface area contributed by atoms with Crippen LogP contribution in [0.3, 0.4) is 0 Å². The molecule has 0 saturated heterocycles. The van der Waals surface area contributed by atoms with Crippen LogP contribution in [-0.2, 0) is 10.3 Å². The largest absolute Gasteiger partial charge is 0.372 e. The monoisotopic (exact) mass is 319 g/mol. The van der Waals surface area contributed by atoms with Gasteiger partial charge >= 0.3 is 0 Å². The van der Waals surface area contributed by atoms with Crippen LogP contribution in [0.15, 0.2) is 48.5 Å².